The molecule has 2 aromatic rings. The molecule has 0 saturated carbocycles. The summed E-state index contributed by atoms with van der Waals surface area (Å²) in [5, 5.41) is 0. The van der Waals surface area contributed by atoms with E-state index >= 15 is 0 Å². The molecule has 0 unspecified atom stereocenters. The molecular weight excluding hydrogens is 272 g/mol. The maximum atomic E-state index is 11.0. The predicted molar refractivity (Wildman–Crippen MR) is 90.6 cm³/mol. The predicted octanol–water partition coefficient (Wildman–Crippen LogP) is 4.71. The highest BCUT2D eigenvalue weighted by atomic mass is 16.5. The number of aldehydes is 1. The summed E-state index contributed by atoms with van der Waals surface area (Å²) in [6.07, 6.45) is 5.36. The van der Waals surface area contributed by atoms with Gasteiger partial charge in [-0.2, -0.15) is 0 Å². The van der Waals surface area contributed by atoms with Crippen molar-refractivity contribution in [1.82, 2.24) is 0 Å². The summed E-state index contributed by atoms with van der Waals surface area (Å²) in [6.45, 7) is 2.27. The third-order valence-electron chi connectivity index (χ3n) is 3.95. The normalized spacial score (nSPS) is 11.9. The van der Waals surface area contributed by atoms with Gasteiger partial charge in [0.25, 0.3) is 0 Å². The average molecular weight is 296 g/mol. The summed E-state index contributed by atoms with van der Waals surface area (Å²) in [6, 6.07) is 16.4. The van der Waals surface area contributed by atoms with E-state index in [2.05, 4.69) is 37.3 Å². The fourth-order valence-corrected chi connectivity index (χ4v) is 2.79. The second-order valence-electron chi connectivity index (χ2n) is 5.92. The van der Waals surface area contributed by atoms with Gasteiger partial charge in [0, 0.05) is 5.56 Å². The van der Waals surface area contributed by atoms with Crippen molar-refractivity contribution in [3.8, 4) is 5.75 Å². The molecule has 0 aliphatic rings. The van der Waals surface area contributed by atoms with Crippen LogP contribution in [0.25, 0.3) is 0 Å². The molecule has 22 heavy (non-hydrogen) atoms. The fourth-order valence-electron chi connectivity index (χ4n) is 2.79. The topological polar surface area (TPSA) is 26.3 Å². The molecule has 0 fully saturated rings. The second kappa shape index (κ2) is 8.38. The molecule has 116 valence electrons. The molecular formula is C20H24O2. The number of carbonyl (C=O) groups excluding carboxylic acids is 1. The van der Waals surface area contributed by atoms with Crippen LogP contribution >= 0.6 is 0 Å². The lowest BCUT2D eigenvalue weighted by atomic mass is 9.94. The Kier molecular flexibility index (Phi) is 6.20. The number of rotatable bonds is 8. The molecule has 0 radical (unpaired) electrons. The van der Waals surface area contributed by atoms with Gasteiger partial charge in [-0.25, -0.2) is 0 Å². The van der Waals surface area contributed by atoms with Crippen LogP contribution in [0.4, 0.5) is 0 Å². The van der Waals surface area contributed by atoms with Crippen LogP contribution in [0.3, 0.4) is 0 Å². The molecule has 0 N–H and O–H groups in total. The van der Waals surface area contributed by atoms with E-state index < -0.39 is 0 Å². The Morgan fingerprint density at radius 1 is 1.09 bits per heavy atom. The number of ether oxygens (including phenoxy) is 1. The minimum absolute atomic E-state index is 0.593. The minimum atomic E-state index is 0.593. The van der Waals surface area contributed by atoms with Crippen molar-refractivity contribution in [3.63, 3.8) is 0 Å². The highest BCUT2D eigenvalue weighted by Crippen LogP contribution is 2.21. The van der Waals surface area contributed by atoms with E-state index in [-0.39, 0.29) is 0 Å². The molecule has 2 aromatic carbocycles. The van der Waals surface area contributed by atoms with E-state index in [0.717, 1.165) is 24.9 Å². The highest BCUT2D eigenvalue weighted by Gasteiger charge is 2.07. The molecule has 2 heteroatoms. The van der Waals surface area contributed by atoms with Crippen molar-refractivity contribution < 1.29 is 9.53 Å². The van der Waals surface area contributed by atoms with Gasteiger partial charge in [0.2, 0.25) is 0 Å². The Hall–Kier alpha value is -2.09. The van der Waals surface area contributed by atoms with E-state index in [1.807, 2.05) is 12.1 Å². The molecule has 1 atom stereocenters. The second-order valence-corrected chi connectivity index (χ2v) is 5.92. The maximum absolute atomic E-state index is 11.0. The summed E-state index contributed by atoms with van der Waals surface area (Å²) < 4.78 is 5.26. The van der Waals surface area contributed by atoms with Crippen LogP contribution in [0.1, 0.15) is 41.3 Å². The monoisotopic (exact) mass is 296 g/mol. The number of methoxy groups -OCH3 is 1. The summed E-state index contributed by atoms with van der Waals surface area (Å²) in [7, 11) is 1.64. The maximum Gasteiger partial charge on any atom is 0.150 e. The molecule has 2 nitrogen and oxygen atoms in total. The number of carbonyl (C=O) groups is 1. The lowest BCUT2D eigenvalue weighted by Crippen LogP contribution is -2.02. The third-order valence-corrected chi connectivity index (χ3v) is 3.95. The Morgan fingerprint density at radius 3 is 2.55 bits per heavy atom. The van der Waals surface area contributed by atoms with E-state index in [4.69, 9.17) is 4.74 Å². The van der Waals surface area contributed by atoms with Crippen LogP contribution in [0, 0.1) is 5.92 Å². The average Bonchev–Trinajstić information content (AvgIpc) is 2.55. The fraction of sp³-hybridized carbons (Fsp3) is 0.350. The van der Waals surface area contributed by atoms with Crippen molar-refractivity contribution in [1.29, 1.82) is 0 Å². The Bertz CT molecular complexity index is 590. The van der Waals surface area contributed by atoms with E-state index in [9.17, 15) is 4.79 Å². The van der Waals surface area contributed by atoms with Crippen LogP contribution in [0.5, 0.6) is 5.75 Å². The van der Waals surface area contributed by atoms with Gasteiger partial charge in [0.05, 0.1) is 7.11 Å². The summed E-state index contributed by atoms with van der Waals surface area (Å²) in [5.41, 5.74) is 3.26. The Labute approximate surface area is 133 Å². The Balaban J connectivity index is 1.86. The molecule has 0 bridgehead atoms. The van der Waals surface area contributed by atoms with Crippen molar-refractivity contribution in [3.05, 3.63) is 65.2 Å². The summed E-state index contributed by atoms with van der Waals surface area (Å²) in [4.78, 5) is 11.0. The van der Waals surface area contributed by atoms with Crippen molar-refractivity contribution in [2.45, 2.75) is 32.6 Å². The molecule has 0 aliphatic heterocycles. The van der Waals surface area contributed by atoms with Gasteiger partial charge in [-0.3, -0.25) is 4.79 Å². The lowest BCUT2D eigenvalue weighted by molar-refractivity contribution is 0.112. The quantitative estimate of drug-likeness (QED) is 0.659. The van der Waals surface area contributed by atoms with Gasteiger partial charge >= 0.3 is 0 Å². The number of benzene rings is 2. The van der Waals surface area contributed by atoms with Gasteiger partial charge in [0.1, 0.15) is 12.0 Å². The molecule has 0 amide bonds. The van der Waals surface area contributed by atoms with Gasteiger partial charge in [-0.1, -0.05) is 43.7 Å². The van der Waals surface area contributed by atoms with Crippen LogP contribution in [0.15, 0.2) is 48.5 Å². The molecule has 0 aromatic heterocycles. The molecule has 0 saturated heterocycles. The van der Waals surface area contributed by atoms with E-state index in [1.165, 1.54) is 24.0 Å². The zero-order chi connectivity index (χ0) is 15.8. The van der Waals surface area contributed by atoms with Crippen LogP contribution in [-0.4, -0.2) is 13.4 Å². The van der Waals surface area contributed by atoms with Crippen LogP contribution in [-0.2, 0) is 12.8 Å². The van der Waals surface area contributed by atoms with Crippen LogP contribution in [0.2, 0.25) is 0 Å². The molecule has 0 aliphatic carbocycles. The third kappa shape index (κ3) is 5.03. The first-order valence-electron chi connectivity index (χ1n) is 7.88. The number of hydrogen-bond donors (Lipinski definition) is 0. The van der Waals surface area contributed by atoms with Crippen molar-refractivity contribution in [2.75, 3.05) is 7.11 Å². The van der Waals surface area contributed by atoms with Gasteiger partial charge < -0.3 is 4.74 Å². The van der Waals surface area contributed by atoms with Gasteiger partial charge in [-0.05, 0) is 54.5 Å². The van der Waals surface area contributed by atoms with Crippen molar-refractivity contribution >= 4 is 6.29 Å². The smallest absolute Gasteiger partial charge is 0.150 e. The molecule has 2 rings (SSSR count). The summed E-state index contributed by atoms with van der Waals surface area (Å²) in [5.74, 6) is 1.35. The zero-order valence-electron chi connectivity index (χ0n) is 13.4. The van der Waals surface area contributed by atoms with E-state index in [0.29, 0.717) is 11.5 Å². The highest BCUT2D eigenvalue weighted by molar-refractivity contribution is 5.76. The molecule has 0 heterocycles. The standard InChI is InChI=1S/C20H24O2/c1-16(7-6-10-17-8-4-3-5-9-17)11-18-12-19(15-21)14-20(13-18)22-2/h3-5,8-9,12-16H,6-7,10-11H2,1-2H3/t16-/m1/s1. The van der Waals surface area contributed by atoms with Crippen molar-refractivity contribution in [2.24, 2.45) is 5.92 Å². The number of aryl methyl sites for hydroxylation is 1. The first kappa shape index (κ1) is 16.3. The van der Waals surface area contributed by atoms with Crippen LogP contribution < -0.4 is 4.74 Å². The Morgan fingerprint density at radius 2 is 1.86 bits per heavy atom. The largest absolute Gasteiger partial charge is 0.497 e. The molecule has 0 spiro atoms. The summed E-state index contributed by atoms with van der Waals surface area (Å²) >= 11 is 0. The minimum Gasteiger partial charge on any atom is -0.497 e. The first-order chi connectivity index (χ1) is 10.7. The van der Waals surface area contributed by atoms with Gasteiger partial charge in [-0.15, -0.1) is 0 Å². The lowest BCUT2D eigenvalue weighted by Gasteiger charge is -2.13. The van der Waals surface area contributed by atoms with E-state index in [1.54, 1.807) is 13.2 Å². The van der Waals surface area contributed by atoms with Gasteiger partial charge in [0.15, 0.2) is 0 Å². The SMILES string of the molecule is COc1cc(C=O)cc(C[C@H](C)CCCc2ccccc2)c1. The first-order valence-corrected chi connectivity index (χ1v) is 7.88. The zero-order valence-corrected chi connectivity index (χ0v) is 13.4. The number of hydrogen-bond acceptors (Lipinski definition) is 2.